The molecule has 0 heterocycles. The van der Waals surface area contributed by atoms with E-state index in [1.807, 2.05) is 0 Å². The normalized spacial score (nSPS) is 10.2. The molecule has 5 heteroatoms. The van der Waals surface area contributed by atoms with Crippen LogP contribution in [0.15, 0.2) is 46.9 Å². The number of halogens is 2. The van der Waals surface area contributed by atoms with Crippen molar-refractivity contribution in [3.05, 3.63) is 62.9 Å². The summed E-state index contributed by atoms with van der Waals surface area (Å²) in [6.07, 6.45) is 0. The zero-order valence-electron chi connectivity index (χ0n) is 8.56. The molecule has 2 aromatic rings. The Morgan fingerprint density at radius 2 is 1.76 bits per heavy atom. The Balaban J connectivity index is 2.66. The molecule has 0 unspecified atom stereocenters. The Kier molecular flexibility index (Phi) is 3.19. The first kappa shape index (κ1) is 11.7. The Labute approximate surface area is 105 Å². The molecule has 0 aliphatic rings. The van der Waals surface area contributed by atoms with Crippen LogP contribution in [-0.2, 0) is 0 Å². The van der Waals surface area contributed by atoms with Crippen molar-refractivity contribution in [2.75, 3.05) is 0 Å². The van der Waals surface area contributed by atoms with E-state index in [1.54, 1.807) is 30.3 Å². The van der Waals surface area contributed by atoms with Crippen LogP contribution in [-0.4, -0.2) is 4.92 Å². The molecule has 2 rings (SSSR count). The molecule has 3 nitrogen and oxygen atoms in total. The summed E-state index contributed by atoms with van der Waals surface area (Å²) in [5, 5.41) is 10.8. The highest BCUT2D eigenvalue weighted by atomic mass is 79.9. The third-order valence-corrected chi connectivity index (χ3v) is 2.97. The van der Waals surface area contributed by atoms with Crippen LogP contribution in [0.4, 0.5) is 10.1 Å². The summed E-state index contributed by atoms with van der Waals surface area (Å²) in [6, 6.07) is 11.7. The molecule has 0 aromatic heterocycles. The SMILES string of the molecule is O=[N+]([O-])c1c(Br)ccc(-c2ccccc2)c1F. The minimum atomic E-state index is -0.824. The number of nitrogens with zero attached hydrogens (tertiary/aromatic N) is 1. The van der Waals surface area contributed by atoms with Crippen molar-refractivity contribution in [1.29, 1.82) is 0 Å². The van der Waals surface area contributed by atoms with E-state index in [-0.39, 0.29) is 10.0 Å². The summed E-state index contributed by atoms with van der Waals surface area (Å²) in [4.78, 5) is 10.0. The van der Waals surface area contributed by atoms with Crippen LogP contribution < -0.4 is 0 Å². The first-order chi connectivity index (χ1) is 8.11. The van der Waals surface area contributed by atoms with E-state index >= 15 is 0 Å². The van der Waals surface area contributed by atoms with Gasteiger partial charge in [0.2, 0.25) is 5.82 Å². The minimum absolute atomic E-state index is 0.139. The van der Waals surface area contributed by atoms with Crippen molar-refractivity contribution in [3.8, 4) is 11.1 Å². The number of benzene rings is 2. The molecule has 17 heavy (non-hydrogen) atoms. The van der Waals surface area contributed by atoms with Crippen LogP contribution >= 0.6 is 15.9 Å². The topological polar surface area (TPSA) is 43.1 Å². The molecule has 2 aromatic carbocycles. The molecule has 0 fully saturated rings. The van der Waals surface area contributed by atoms with E-state index in [9.17, 15) is 14.5 Å². The molecule has 0 spiro atoms. The number of nitro benzene ring substituents is 1. The van der Waals surface area contributed by atoms with Gasteiger partial charge >= 0.3 is 5.69 Å². The monoisotopic (exact) mass is 295 g/mol. The maximum Gasteiger partial charge on any atom is 0.319 e. The summed E-state index contributed by atoms with van der Waals surface area (Å²) >= 11 is 2.97. The van der Waals surface area contributed by atoms with Crippen molar-refractivity contribution in [3.63, 3.8) is 0 Å². The number of nitro groups is 1. The summed E-state index contributed by atoms with van der Waals surface area (Å²) in [7, 11) is 0. The van der Waals surface area contributed by atoms with E-state index in [1.165, 1.54) is 12.1 Å². The highest BCUT2D eigenvalue weighted by Crippen LogP contribution is 2.34. The first-order valence-electron chi connectivity index (χ1n) is 4.79. The fourth-order valence-electron chi connectivity index (χ4n) is 1.55. The maximum absolute atomic E-state index is 14.0. The molecule has 86 valence electrons. The Morgan fingerprint density at radius 1 is 1.12 bits per heavy atom. The molecular formula is C12H7BrFNO2. The largest absolute Gasteiger partial charge is 0.319 e. The van der Waals surface area contributed by atoms with Gasteiger partial charge in [-0.3, -0.25) is 10.1 Å². The van der Waals surface area contributed by atoms with Gasteiger partial charge in [-0.05, 0) is 33.6 Å². The zero-order chi connectivity index (χ0) is 12.4. The lowest BCUT2D eigenvalue weighted by Crippen LogP contribution is -1.96. The van der Waals surface area contributed by atoms with Gasteiger partial charge in [-0.25, -0.2) is 0 Å². The van der Waals surface area contributed by atoms with Gasteiger partial charge in [0.1, 0.15) is 0 Å². The fraction of sp³-hybridized carbons (Fsp3) is 0. The quantitative estimate of drug-likeness (QED) is 0.617. The predicted octanol–water partition coefficient (Wildman–Crippen LogP) is 4.16. The highest BCUT2D eigenvalue weighted by Gasteiger charge is 2.22. The predicted molar refractivity (Wildman–Crippen MR) is 66.2 cm³/mol. The second-order valence-electron chi connectivity index (χ2n) is 3.38. The number of rotatable bonds is 2. The third kappa shape index (κ3) is 2.19. The third-order valence-electron chi connectivity index (χ3n) is 2.33. The van der Waals surface area contributed by atoms with Crippen LogP contribution in [0.1, 0.15) is 0 Å². The van der Waals surface area contributed by atoms with Gasteiger partial charge < -0.3 is 0 Å². The van der Waals surface area contributed by atoms with Crippen LogP contribution in [0.2, 0.25) is 0 Å². The van der Waals surface area contributed by atoms with Crippen LogP contribution in [0, 0.1) is 15.9 Å². The van der Waals surface area contributed by atoms with Crippen LogP contribution in [0.5, 0.6) is 0 Å². The molecule has 0 bridgehead atoms. The molecule has 0 amide bonds. The number of hydrogen-bond donors (Lipinski definition) is 0. The molecule has 0 N–H and O–H groups in total. The molecule has 0 saturated heterocycles. The minimum Gasteiger partial charge on any atom is -0.258 e. The van der Waals surface area contributed by atoms with Crippen molar-refractivity contribution in [1.82, 2.24) is 0 Å². The summed E-state index contributed by atoms with van der Waals surface area (Å²) in [6.45, 7) is 0. The second kappa shape index (κ2) is 4.63. The lowest BCUT2D eigenvalue weighted by molar-refractivity contribution is -0.388. The van der Waals surface area contributed by atoms with E-state index in [2.05, 4.69) is 15.9 Å². The first-order valence-corrected chi connectivity index (χ1v) is 5.58. The van der Waals surface area contributed by atoms with E-state index in [0.717, 1.165) is 0 Å². The molecule has 0 aliphatic carbocycles. The van der Waals surface area contributed by atoms with Gasteiger partial charge in [0.25, 0.3) is 0 Å². The summed E-state index contributed by atoms with van der Waals surface area (Å²) < 4.78 is 14.1. The Morgan fingerprint density at radius 3 is 2.35 bits per heavy atom. The van der Waals surface area contributed by atoms with Gasteiger partial charge in [0, 0.05) is 5.56 Å². The second-order valence-corrected chi connectivity index (χ2v) is 4.24. The molecule has 0 saturated carbocycles. The lowest BCUT2D eigenvalue weighted by Gasteiger charge is -2.04. The smallest absolute Gasteiger partial charge is 0.258 e. The lowest BCUT2D eigenvalue weighted by atomic mass is 10.0. The van der Waals surface area contributed by atoms with Crippen molar-refractivity contribution in [2.24, 2.45) is 0 Å². The van der Waals surface area contributed by atoms with Gasteiger partial charge in [0.05, 0.1) is 9.40 Å². The van der Waals surface area contributed by atoms with Gasteiger partial charge in [-0.1, -0.05) is 30.3 Å². The average molecular weight is 296 g/mol. The maximum atomic E-state index is 14.0. The zero-order valence-corrected chi connectivity index (χ0v) is 10.1. The van der Waals surface area contributed by atoms with E-state index in [4.69, 9.17) is 0 Å². The Hall–Kier alpha value is -1.75. The van der Waals surface area contributed by atoms with E-state index in [0.29, 0.717) is 5.56 Å². The molecule has 0 radical (unpaired) electrons. The van der Waals surface area contributed by atoms with Gasteiger partial charge in [-0.15, -0.1) is 0 Å². The molecular weight excluding hydrogens is 289 g/mol. The summed E-state index contributed by atoms with van der Waals surface area (Å²) in [5.74, 6) is -0.824. The van der Waals surface area contributed by atoms with Crippen molar-refractivity contribution >= 4 is 21.6 Å². The van der Waals surface area contributed by atoms with Crippen molar-refractivity contribution < 1.29 is 9.31 Å². The highest BCUT2D eigenvalue weighted by molar-refractivity contribution is 9.10. The summed E-state index contributed by atoms with van der Waals surface area (Å²) in [5.41, 5.74) is 0.299. The van der Waals surface area contributed by atoms with Crippen molar-refractivity contribution in [2.45, 2.75) is 0 Å². The van der Waals surface area contributed by atoms with Crippen LogP contribution in [0.25, 0.3) is 11.1 Å². The fourth-order valence-corrected chi connectivity index (χ4v) is 2.00. The molecule has 0 atom stereocenters. The Bertz CT molecular complexity index is 572. The average Bonchev–Trinajstić information content (AvgIpc) is 2.30. The standard InChI is InChI=1S/C12H7BrFNO2/c13-10-7-6-9(8-4-2-1-3-5-8)11(14)12(10)15(16)17/h1-7H. The molecule has 0 aliphatic heterocycles. The number of hydrogen-bond acceptors (Lipinski definition) is 2. The van der Waals surface area contributed by atoms with Crippen LogP contribution in [0.3, 0.4) is 0 Å². The van der Waals surface area contributed by atoms with Gasteiger partial charge in [0.15, 0.2) is 0 Å². The van der Waals surface area contributed by atoms with Gasteiger partial charge in [-0.2, -0.15) is 4.39 Å². The van der Waals surface area contributed by atoms with E-state index < -0.39 is 16.4 Å².